The summed E-state index contributed by atoms with van der Waals surface area (Å²) in [5.41, 5.74) is -0.205. The molecule has 1 atom stereocenters. The van der Waals surface area contributed by atoms with E-state index in [1.54, 1.807) is 13.2 Å². The van der Waals surface area contributed by atoms with Gasteiger partial charge in [-0.25, -0.2) is 0 Å². The van der Waals surface area contributed by atoms with Crippen molar-refractivity contribution in [2.75, 3.05) is 20.2 Å². The third-order valence-electron chi connectivity index (χ3n) is 2.79. The van der Waals surface area contributed by atoms with Crippen LogP contribution in [0.3, 0.4) is 0 Å². The molecular formula is C11H14ClNO2. The van der Waals surface area contributed by atoms with E-state index < -0.39 is 5.60 Å². The van der Waals surface area contributed by atoms with Gasteiger partial charge >= 0.3 is 0 Å². The number of halogens is 1. The maximum Gasteiger partial charge on any atom is 0.126 e. The first kappa shape index (κ1) is 10.7. The van der Waals surface area contributed by atoms with Crippen LogP contribution >= 0.6 is 11.6 Å². The van der Waals surface area contributed by atoms with Crippen molar-refractivity contribution in [3.8, 4) is 5.75 Å². The van der Waals surface area contributed by atoms with Crippen molar-refractivity contribution >= 4 is 11.6 Å². The smallest absolute Gasteiger partial charge is 0.126 e. The Morgan fingerprint density at radius 2 is 2.33 bits per heavy atom. The van der Waals surface area contributed by atoms with E-state index in [0.29, 0.717) is 29.3 Å². The molecule has 1 aliphatic rings. The van der Waals surface area contributed by atoms with Crippen LogP contribution in [0.4, 0.5) is 0 Å². The molecule has 2 N–H and O–H groups in total. The first-order chi connectivity index (χ1) is 7.17. The highest BCUT2D eigenvalue weighted by atomic mass is 35.5. The van der Waals surface area contributed by atoms with E-state index in [0.717, 1.165) is 6.54 Å². The van der Waals surface area contributed by atoms with Crippen LogP contribution in [0.25, 0.3) is 0 Å². The van der Waals surface area contributed by atoms with Gasteiger partial charge in [0.1, 0.15) is 11.4 Å². The molecule has 0 radical (unpaired) electrons. The van der Waals surface area contributed by atoms with Crippen molar-refractivity contribution in [2.24, 2.45) is 0 Å². The molecule has 1 heterocycles. The minimum absolute atomic E-state index is 0.521. The normalized spacial score (nSPS) is 25.5. The minimum Gasteiger partial charge on any atom is -0.496 e. The summed E-state index contributed by atoms with van der Waals surface area (Å²) in [6, 6.07) is 5.41. The van der Waals surface area contributed by atoms with E-state index in [1.165, 1.54) is 0 Å². The lowest BCUT2D eigenvalue weighted by molar-refractivity contribution is 0.0562. The maximum atomic E-state index is 10.4. The largest absolute Gasteiger partial charge is 0.496 e. The van der Waals surface area contributed by atoms with Crippen LogP contribution in [0.15, 0.2) is 18.2 Å². The standard InChI is InChI=1S/C11H14ClNO2/c1-15-9-4-2-3-8(12)10(9)11(14)5-6-13-7-11/h2-4,13-14H,5-7H2,1H3. The van der Waals surface area contributed by atoms with Gasteiger partial charge in [-0.2, -0.15) is 0 Å². The molecule has 1 aromatic rings. The molecule has 0 aromatic heterocycles. The first-order valence-corrected chi connectivity index (χ1v) is 5.31. The SMILES string of the molecule is COc1cccc(Cl)c1C1(O)CCNC1. The highest BCUT2D eigenvalue weighted by molar-refractivity contribution is 6.31. The molecule has 3 nitrogen and oxygen atoms in total. The van der Waals surface area contributed by atoms with Gasteiger partial charge in [0.05, 0.1) is 12.1 Å². The van der Waals surface area contributed by atoms with Crippen molar-refractivity contribution < 1.29 is 9.84 Å². The Balaban J connectivity index is 2.49. The van der Waals surface area contributed by atoms with Crippen LogP contribution in [-0.2, 0) is 5.60 Å². The van der Waals surface area contributed by atoms with Gasteiger partial charge in [-0.15, -0.1) is 0 Å². The molecule has 0 bridgehead atoms. The van der Waals surface area contributed by atoms with E-state index in [4.69, 9.17) is 16.3 Å². The van der Waals surface area contributed by atoms with Gasteiger partial charge in [-0.3, -0.25) is 0 Å². The number of nitrogens with one attached hydrogen (secondary N) is 1. The van der Waals surface area contributed by atoms with Crippen LogP contribution in [0.2, 0.25) is 5.02 Å². The Hall–Kier alpha value is -0.770. The molecule has 1 unspecified atom stereocenters. The molecular weight excluding hydrogens is 214 g/mol. The Morgan fingerprint density at radius 3 is 2.93 bits per heavy atom. The monoisotopic (exact) mass is 227 g/mol. The van der Waals surface area contributed by atoms with Gasteiger partial charge in [-0.05, 0) is 25.1 Å². The van der Waals surface area contributed by atoms with Crippen molar-refractivity contribution in [1.29, 1.82) is 0 Å². The van der Waals surface area contributed by atoms with Gasteiger partial charge in [0.15, 0.2) is 0 Å². The summed E-state index contributed by atoms with van der Waals surface area (Å²) < 4.78 is 5.23. The second-order valence-electron chi connectivity index (χ2n) is 3.78. The Bertz CT molecular complexity index is 362. The fourth-order valence-electron chi connectivity index (χ4n) is 2.02. The first-order valence-electron chi connectivity index (χ1n) is 4.93. The number of benzene rings is 1. The zero-order valence-corrected chi connectivity index (χ0v) is 9.34. The number of hydrogen-bond acceptors (Lipinski definition) is 3. The summed E-state index contributed by atoms with van der Waals surface area (Å²) in [5, 5.41) is 14.1. The minimum atomic E-state index is -0.899. The molecule has 4 heteroatoms. The van der Waals surface area contributed by atoms with Gasteiger partial charge in [0.2, 0.25) is 0 Å². The van der Waals surface area contributed by atoms with Crippen molar-refractivity contribution in [1.82, 2.24) is 5.32 Å². The molecule has 15 heavy (non-hydrogen) atoms. The molecule has 0 spiro atoms. The van der Waals surface area contributed by atoms with Crippen LogP contribution in [0, 0.1) is 0 Å². The summed E-state index contributed by atoms with van der Waals surface area (Å²) >= 11 is 6.11. The number of aliphatic hydroxyl groups is 1. The number of methoxy groups -OCH3 is 1. The Morgan fingerprint density at radius 1 is 1.53 bits per heavy atom. The molecule has 1 aliphatic heterocycles. The number of rotatable bonds is 2. The van der Waals surface area contributed by atoms with E-state index in [2.05, 4.69) is 5.32 Å². The van der Waals surface area contributed by atoms with Gasteiger partial charge in [0, 0.05) is 12.1 Å². The lowest BCUT2D eigenvalue weighted by Gasteiger charge is -2.25. The molecule has 0 saturated carbocycles. The predicted molar refractivity (Wildman–Crippen MR) is 59.4 cm³/mol. The van der Waals surface area contributed by atoms with Crippen LogP contribution in [-0.4, -0.2) is 25.3 Å². The summed E-state index contributed by atoms with van der Waals surface area (Å²) in [5.74, 6) is 0.647. The average molecular weight is 228 g/mol. The third-order valence-corrected chi connectivity index (χ3v) is 3.11. The average Bonchev–Trinajstić information content (AvgIpc) is 2.65. The van der Waals surface area contributed by atoms with E-state index in [1.807, 2.05) is 12.1 Å². The zero-order chi connectivity index (χ0) is 10.9. The molecule has 2 rings (SSSR count). The van der Waals surface area contributed by atoms with Crippen molar-refractivity contribution in [2.45, 2.75) is 12.0 Å². The summed E-state index contributed by atoms with van der Waals surface area (Å²) in [4.78, 5) is 0. The topological polar surface area (TPSA) is 41.5 Å². The van der Waals surface area contributed by atoms with E-state index >= 15 is 0 Å². The van der Waals surface area contributed by atoms with Gasteiger partial charge in [0.25, 0.3) is 0 Å². The highest BCUT2D eigenvalue weighted by Gasteiger charge is 2.37. The highest BCUT2D eigenvalue weighted by Crippen LogP contribution is 2.39. The zero-order valence-electron chi connectivity index (χ0n) is 8.59. The lowest BCUT2D eigenvalue weighted by Crippen LogP contribution is -2.29. The molecule has 82 valence electrons. The Kier molecular flexibility index (Phi) is 2.87. The van der Waals surface area contributed by atoms with Crippen molar-refractivity contribution in [3.05, 3.63) is 28.8 Å². The third kappa shape index (κ3) is 1.83. The number of hydrogen-bond donors (Lipinski definition) is 2. The molecule has 1 saturated heterocycles. The molecule has 1 fully saturated rings. The maximum absolute atomic E-state index is 10.4. The second kappa shape index (κ2) is 4.00. The van der Waals surface area contributed by atoms with Crippen molar-refractivity contribution in [3.63, 3.8) is 0 Å². The van der Waals surface area contributed by atoms with Crippen LogP contribution < -0.4 is 10.1 Å². The Labute approximate surface area is 94.0 Å². The molecule has 0 aliphatic carbocycles. The lowest BCUT2D eigenvalue weighted by atomic mass is 9.92. The van der Waals surface area contributed by atoms with E-state index in [-0.39, 0.29) is 0 Å². The second-order valence-corrected chi connectivity index (χ2v) is 4.18. The van der Waals surface area contributed by atoms with Gasteiger partial charge < -0.3 is 15.2 Å². The number of ether oxygens (including phenoxy) is 1. The van der Waals surface area contributed by atoms with Crippen LogP contribution in [0.5, 0.6) is 5.75 Å². The van der Waals surface area contributed by atoms with Gasteiger partial charge in [-0.1, -0.05) is 17.7 Å². The summed E-state index contributed by atoms with van der Waals surface area (Å²) in [6.07, 6.45) is 0.660. The van der Waals surface area contributed by atoms with E-state index in [9.17, 15) is 5.11 Å². The molecule has 0 amide bonds. The molecule has 1 aromatic carbocycles. The summed E-state index contributed by atoms with van der Waals surface area (Å²) in [7, 11) is 1.58. The fraction of sp³-hybridized carbons (Fsp3) is 0.455. The fourth-order valence-corrected chi connectivity index (χ4v) is 2.36. The quantitative estimate of drug-likeness (QED) is 0.805. The number of β-amino-alcohol motifs (C(OH)–C–C–N with tert-alkyl or cyclic N) is 1. The summed E-state index contributed by atoms with van der Waals surface area (Å²) in [6.45, 7) is 1.32. The predicted octanol–water partition coefficient (Wildman–Crippen LogP) is 1.53. The van der Waals surface area contributed by atoms with Crippen LogP contribution in [0.1, 0.15) is 12.0 Å².